The quantitative estimate of drug-likeness (QED) is 0.295. The van der Waals surface area contributed by atoms with Crippen LogP contribution in [-0.4, -0.2) is 36.8 Å². The number of hydrogen-bond donors (Lipinski definition) is 0. The largest absolute Gasteiger partial charge is 0.398 e. The second kappa shape index (κ2) is 8.07. The van der Waals surface area contributed by atoms with Crippen LogP contribution >= 0.6 is 11.8 Å². The van der Waals surface area contributed by atoms with Gasteiger partial charge in [-0.3, -0.25) is 0 Å². The number of benzene rings is 2. The van der Waals surface area contributed by atoms with Crippen LogP contribution in [0.2, 0.25) is 0 Å². The minimum absolute atomic E-state index is 0.103. The molecule has 0 N–H and O–H groups in total. The van der Waals surface area contributed by atoms with Crippen LogP contribution in [0.15, 0.2) is 46.3 Å². The molecule has 8 heteroatoms. The van der Waals surface area contributed by atoms with Gasteiger partial charge in [0.2, 0.25) is 0 Å². The summed E-state index contributed by atoms with van der Waals surface area (Å²) in [4.78, 5) is 6.09. The Morgan fingerprint density at radius 3 is 2.38 bits per heavy atom. The monoisotopic (exact) mass is 388 g/mol. The Bertz CT molecular complexity index is 816. The number of hydrogen-bond acceptors (Lipinski definition) is 2. The summed E-state index contributed by atoms with van der Waals surface area (Å²) in [5, 5.41) is 0. The molecule has 0 saturated carbocycles. The maximum Gasteiger partial charge on any atom is 0.398 e. The first-order valence-corrected chi connectivity index (χ1v) is 8.57. The first-order valence-electron chi connectivity index (χ1n) is 7.58. The van der Waals surface area contributed by atoms with E-state index in [1.165, 1.54) is 31.2 Å². The lowest BCUT2D eigenvalue weighted by Gasteiger charge is -2.17. The van der Waals surface area contributed by atoms with Gasteiger partial charge in [-0.15, -0.1) is 11.8 Å². The van der Waals surface area contributed by atoms with Gasteiger partial charge < -0.3 is 4.90 Å². The van der Waals surface area contributed by atoms with E-state index in [2.05, 4.69) is 4.99 Å². The van der Waals surface area contributed by atoms with E-state index in [4.69, 9.17) is 0 Å². The number of thioether (sulfide) groups is 1. The Morgan fingerprint density at radius 1 is 1.12 bits per heavy atom. The van der Waals surface area contributed by atoms with Crippen molar-refractivity contribution in [3.8, 4) is 0 Å². The second-order valence-electron chi connectivity index (χ2n) is 5.81. The van der Waals surface area contributed by atoms with Crippen molar-refractivity contribution in [2.24, 2.45) is 4.99 Å². The van der Waals surface area contributed by atoms with Gasteiger partial charge in [0.05, 0.1) is 5.75 Å². The molecule has 0 fully saturated rings. The number of aliphatic imine (C=N–C) groups is 1. The molecule has 140 valence electrons. The van der Waals surface area contributed by atoms with Crippen molar-refractivity contribution >= 4 is 23.3 Å². The SMILES string of the molecule is Cc1cc(F)c(/N=C(\c2cccc(F)c2)N(C)C)cc1SCC(F)(F)F. The summed E-state index contributed by atoms with van der Waals surface area (Å²) >= 11 is 0.576. The molecule has 0 bridgehead atoms. The maximum atomic E-state index is 14.3. The first-order chi connectivity index (χ1) is 12.1. The number of alkyl halides is 3. The van der Waals surface area contributed by atoms with Gasteiger partial charge in [-0.1, -0.05) is 12.1 Å². The van der Waals surface area contributed by atoms with Crippen molar-refractivity contribution in [2.75, 3.05) is 19.8 Å². The van der Waals surface area contributed by atoms with Gasteiger partial charge in [0.25, 0.3) is 0 Å². The molecule has 2 aromatic rings. The van der Waals surface area contributed by atoms with Gasteiger partial charge in [0.1, 0.15) is 23.2 Å². The number of halogens is 5. The zero-order valence-corrected chi connectivity index (χ0v) is 15.2. The summed E-state index contributed by atoms with van der Waals surface area (Å²) in [5.41, 5.74) is 0.723. The lowest BCUT2D eigenvalue weighted by Crippen LogP contribution is -2.23. The molecule has 2 nitrogen and oxygen atoms in total. The van der Waals surface area contributed by atoms with Crippen molar-refractivity contribution in [3.05, 3.63) is 59.2 Å². The summed E-state index contributed by atoms with van der Waals surface area (Å²) in [7, 11) is 3.32. The summed E-state index contributed by atoms with van der Waals surface area (Å²) in [6.07, 6.45) is -4.33. The van der Waals surface area contributed by atoms with Crippen molar-refractivity contribution < 1.29 is 22.0 Å². The highest BCUT2D eigenvalue weighted by Gasteiger charge is 2.27. The van der Waals surface area contributed by atoms with E-state index in [-0.39, 0.29) is 5.69 Å². The minimum Gasteiger partial charge on any atom is -0.362 e. The van der Waals surface area contributed by atoms with Gasteiger partial charge in [0.15, 0.2) is 0 Å². The van der Waals surface area contributed by atoms with Crippen LogP contribution in [0.1, 0.15) is 11.1 Å². The van der Waals surface area contributed by atoms with E-state index in [9.17, 15) is 22.0 Å². The van der Waals surface area contributed by atoms with Gasteiger partial charge >= 0.3 is 6.18 Å². The number of nitrogens with zero attached hydrogens (tertiary/aromatic N) is 2. The molecule has 0 unspecified atom stereocenters. The van der Waals surface area contributed by atoms with E-state index in [0.29, 0.717) is 33.6 Å². The molecule has 0 heterocycles. The van der Waals surface area contributed by atoms with Crippen LogP contribution < -0.4 is 0 Å². The fourth-order valence-electron chi connectivity index (χ4n) is 2.21. The molecule has 0 amide bonds. The molecule has 2 rings (SSSR count). The van der Waals surface area contributed by atoms with Crippen molar-refractivity contribution in [3.63, 3.8) is 0 Å². The Balaban J connectivity index is 2.46. The third-order valence-corrected chi connectivity index (χ3v) is 4.59. The highest BCUT2D eigenvalue weighted by Crippen LogP contribution is 2.33. The summed E-state index contributed by atoms with van der Waals surface area (Å²) < 4.78 is 65.2. The molecule has 0 aromatic heterocycles. The van der Waals surface area contributed by atoms with Crippen LogP contribution in [0.5, 0.6) is 0 Å². The average Bonchev–Trinajstić information content (AvgIpc) is 2.51. The highest BCUT2D eigenvalue weighted by molar-refractivity contribution is 7.99. The van der Waals surface area contributed by atoms with Gasteiger partial charge in [-0.05, 0) is 36.8 Å². The van der Waals surface area contributed by atoms with Crippen LogP contribution in [0.3, 0.4) is 0 Å². The van der Waals surface area contributed by atoms with Gasteiger partial charge in [-0.25, -0.2) is 13.8 Å². The zero-order valence-electron chi connectivity index (χ0n) is 14.4. The fourth-order valence-corrected chi connectivity index (χ4v) is 3.01. The molecule has 0 aliphatic rings. The molecule has 0 aliphatic carbocycles. The molecule has 0 atom stereocenters. The summed E-state index contributed by atoms with van der Waals surface area (Å²) in [5.74, 6) is -1.91. The molecule has 0 saturated heterocycles. The standard InChI is InChI=1S/C18H17F5N2S/c1-11-7-14(20)15(9-16(11)26-10-18(21,22)23)24-17(25(2)3)12-5-4-6-13(19)8-12/h4-9H,10H2,1-3H3/b24-17+. The smallest absolute Gasteiger partial charge is 0.362 e. The molecule has 26 heavy (non-hydrogen) atoms. The third-order valence-electron chi connectivity index (χ3n) is 3.37. The van der Waals surface area contributed by atoms with Crippen molar-refractivity contribution in [2.45, 2.75) is 18.0 Å². The fraction of sp³-hybridized carbons (Fsp3) is 0.278. The Morgan fingerprint density at radius 2 is 1.81 bits per heavy atom. The molecule has 2 aromatic carbocycles. The lowest BCUT2D eigenvalue weighted by molar-refractivity contribution is -0.105. The minimum atomic E-state index is -4.33. The van der Waals surface area contributed by atoms with E-state index in [1.54, 1.807) is 25.1 Å². The Kier molecular flexibility index (Phi) is 6.28. The third kappa shape index (κ3) is 5.45. The van der Waals surface area contributed by atoms with E-state index >= 15 is 0 Å². The number of amidine groups is 1. The Labute approximate surface area is 152 Å². The van der Waals surface area contributed by atoms with Crippen LogP contribution in [0.25, 0.3) is 0 Å². The molecule has 0 spiro atoms. The van der Waals surface area contributed by atoms with Crippen LogP contribution in [0, 0.1) is 18.6 Å². The first kappa shape index (κ1) is 20.2. The maximum absolute atomic E-state index is 14.3. The number of rotatable bonds is 4. The van der Waals surface area contributed by atoms with Crippen LogP contribution in [-0.2, 0) is 0 Å². The average molecular weight is 388 g/mol. The zero-order chi connectivity index (χ0) is 19.5. The lowest BCUT2D eigenvalue weighted by atomic mass is 10.1. The van der Waals surface area contributed by atoms with Crippen molar-refractivity contribution in [1.29, 1.82) is 0 Å². The molecular weight excluding hydrogens is 371 g/mol. The Hall–Kier alpha value is -2.09. The highest BCUT2D eigenvalue weighted by atomic mass is 32.2. The predicted octanol–water partition coefficient (Wildman–Crippen LogP) is 5.57. The van der Waals surface area contributed by atoms with E-state index in [1.807, 2.05) is 0 Å². The van der Waals surface area contributed by atoms with Gasteiger partial charge in [0, 0.05) is 24.6 Å². The second-order valence-corrected chi connectivity index (χ2v) is 6.83. The normalized spacial score (nSPS) is 12.4. The van der Waals surface area contributed by atoms with E-state index < -0.39 is 23.6 Å². The van der Waals surface area contributed by atoms with E-state index in [0.717, 1.165) is 6.07 Å². The van der Waals surface area contributed by atoms with Crippen LogP contribution in [0.4, 0.5) is 27.6 Å². The summed E-state index contributed by atoms with van der Waals surface area (Å²) in [6, 6.07) is 8.08. The van der Waals surface area contributed by atoms with Gasteiger partial charge in [-0.2, -0.15) is 13.2 Å². The topological polar surface area (TPSA) is 15.6 Å². The predicted molar refractivity (Wildman–Crippen MR) is 94.2 cm³/mol. The van der Waals surface area contributed by atoms with Crippen molar-refractivity contribution in [1.82, 2.24) is 4.90 Å². The molecule has 0 radical (unpaired) electrons. The number of aryl methyl sites for hydroxylation is 1. The molecular formula is C18H17F5N2S. The summed E-state index contributed by atoms with van der Waals surface area (Å²) in [6.45, 7) is 1.54. The molecule has 0 aliphatic heterocycles.